The van der Waals surface area contributed by atoms with E-state index in [1.807, 2.05) is 12.1 Å². The van der Waals surface area contributed by atoms with Crippen LogP contribution in [-0.2, 0) is 4.79 Å². The topological polar surface area (TPSA) is 146 Å². The van der Waals surface area contributed by atoms with Crippen molar-refractivity contribution in [2.45, 2.75) is 6.42 Å². The number of nitriles is 1. The fourth-order valence-electron chi connectivity index (χ4n) is 3.48. The van der Waals surface area contributed by atoms with Crippen LogP contribution in [0.5, 0.6) is 0 Å². The minimum absolute atomic E-state index is 0.190. The number of rotatable bonds is 4. The molecular weight excluding hydrogens is 380 g/mol. The molecule has 0 saturated heterocycles. The number of anilines is 2. The Morgan fingerprint density at radius 1 is 1.27 bits per heavy atom. The van der Waals surface area contributed by atoms with Gasteiger partial charge in [-0.05, 0) is 35.6 Å². The minimum atomic E-state index is -0.265. The molecular formula is C21H16N8O. The maximum absolute atomic E-state index is 12.3. The molecule has 0 aliphatic heterocycles. The molecule has 1 fully saturated rings. The zero-order chi connectivity index (χ0) is 20.7. The lowest BCUT2D eigenvalue weighted by Crippen LogP contribution is -2.15. The number of carbonyl (C=O) groups excluding carboxylic acids is 1. The first-order valence-corrected chi connectivity index (χ1v) is 9.34. The monoisotopic (exact) mass is 396 g/mol. The highest BCUT2D eigenvalue weighted by Crippen LogP contribution is 2.38. The van der Waals surface area contributed by atoms with Crippen LogP contribution in [0.25, 0.3) is 33.2 Å². The number of H-pyrrole nitrogens is 1. The van der Waals surface area contributed by atoms with Crippen molar-refractivity contribution >= 4 is 28.3 Å². The van der Waals surface area contributed by atoms with Gasteiger partial charge in [0.2, 0.25) is 5.91 Å². The molecule has 4 aromatic rings. The number of aromatic amines is 1. The van der Waals surface area contributed by atoms with Crippen molar-refractivity contribution in [3.05, 3.63) is 49.2 Å². The largest absolute Gasteiger partial charge is 0.383 e. The van der Waals surface area contributed by atoms with Crippen molar-refractivity contribution in [1.29, 1.82) is 5.26 Å². The maximum atomic E-state index is 12.3. The van der Waals surface area contributed by atoms with Crippen LogP contribution in [0.2, 0.25) is 0 Å². The summed E-state index contributed by atoms with van der Waals surface area (Å²) in [5.74, 6) is 0.0861. The predicted octanol–water partition coefficient (Wildman–Crippen LogP) is 2.76. The average Bonchev–Trinajstić information content (AvgIpc) is 3.36. The smallest absolute Gasteiger partial charge is 0.230 e. The Morgan fingerprint density at radius 3 is 2.93 bits per heavy atom. The molecule has 0 spiro atoms. The summed E-state index contributed by atoms with van der Waals surface area (Å²) in [6, 6.07) is 7.65. The number of aromatic nitrogens is 5. The van der Waals surface area contributed by atoms with E-state index < -0.39 is 0 Å². The molecule has 30 heavy (non-hydrogen) atoms. The Hall–Kier alpha value is -4.32. The second-order valence-electron chi connectivity index (χ2n) is 7.16. The molecule has 0 aromatic carbocycles. The number of amides is 1. The Balaban J connectivity index is 1.54. The molecule has 9 heteroatoms. The standard InChI is InChI=1S/C21H16N8O/c22-6-12-3-15(12)21(30)29-19-5-11-4-18(28-20(23)16(11)10-25-19)17-9-24-2-1-14(17)13-7-26-27-8-13/h1-2,4-5,7-10,12,15H,3H2,(H2,23,28)(H,26,27)(H,25,29,30)/t12?,15-/m0/s1. The normalized spacial score (nSPS) is 17.4. The van der Waals surface area contributed by atoms with Gasteiger partial charge in [-0.3, -0.25) is 14.9 Å². The quantitative estimate of drug-likeness (QED) is 0.480. The highest BCUT2D eigenvalue weighted by atomic mass is 16.2. The molecule has 0 radical (unpaired) electrons. The van der Waals surface area contributed by atoms with E-state index in [1.54, 1.807) is 37.1 Å². The summed E-state index contributed by atoms with van der Waals surface area (Å²) in [4.78, 5) is 25.3. The van der Waals surface area contributed by atoms with Gasteiger partial charge < -0.3 is 11.1 Å². The zero-order valence-electron chi connectivity index (χ0n) is 15.7. The number of fused-ring (bicyclic) bond motifs is 1. The lowest BCUT2D eigenvalue weighted by atomic mass is 10.0. The molecule has 4 aromatic heterocycles. The molecule has 1 aliphatic rings. The van der Waals surface area contributed by atoms with Crippen LogP contribution in [-0.4, -0.2) is 31.1 Å². The fourth-order valence-corrected chi connectivity index (χ4v) is 3.48. The van der Waals surface area contributed by atoms with Crippen molar-refractivity contribution in [2.75, 3.05) is 11.1 Å². The second kappa shape index (κ2) is 6.93. The number of carbonyl (C=O) groups is 1. The van der Waals surface area contributed by atoms with Gasteiger partial charge in [0.25, 0.3) is 0 Å². The zero-order valence-corrected chi connectivity index (χ0v) is 15.7. The molecule has 1 aliphatic carbocycles. The van der Waals surface area contributed by atoms with E-state index in [-0.39, 0.29) is 17.7 Å². The van der Waals surface area contributed by atoms with Gasteiger partial charge >= 0.3 is 0 Å². The van der Waals surface area contributed by atoms with Crippen LogP contribution < -0.4 is 11.1 Å². The molecule has 1 saturated carbocycles. The Morgan fingerprint density at radius 2 is 2.17 bits per heavy atom. The summed E-state index contributed by atoms with van der Waals surface area (Å²) >= 11 is 0. The van der Waals surface area contributed by atoms with Crippen molar-refractivity contribution in [3.8, 4) is 28.5 Å². The third-order valence-corrected chi connectivity index (χ3v) is 5.20. The molecule has 9 nitrogen and oxygen atoms in total. The Labute approximate surface area is 171 Å². The molecule has 1 unspecified atom stereocenters. The SMILES string of the molecule is N#CC1C[C@@H]1C(=O)Nc1cc2cc(-c3cnccc3-c3cn[nH]c3)nc(N)c2cn1. The fraction of sp³-hybridized carbons (Fsp3) is 0.143. The summed E-state index contributed by atoms with van der Waals surface area (Å²) in [5.41, 5.74) is 9.49. The number of nitrogen functional groups attached to an aromatic ring is 1. The molecule has 5 rings (SSSR count). The van der Waals surface area contributed by atoms with E-state index in [2.05, 4.69) is 36.5 Å². The number of pyridine rings is 3. The lowest BCUT2D eigenvalue weighted by Gasteiger charge is -2.11. The molecule has 4 N–H and O–H groups in total. The van der Waals surface area contributed by atoms with E-state index in [1.165, 1.54) is 0 Å². The molecule has 146 valence electrons. The van der Waals surface area contributed by atoms with Gasteiger partial charge in [-0.15, -0.1) is 0 Å². The molecule has 1 amide bonds. The summed E-state index contributed by atoms with van der Waals surface area (Å²) < 4.78 is 0. The van der Waals surface area contributed by atoms with Gasteiger partial charge in [0.05, 0.1) is 29.8 Å². The predicted molar refractivity (Wildman–Crippen MR) is 111 cm³/mol. The third kappa shape index (κ3) is 3.10. The van der Waals surface area contributed by atoms with Crippen molar-refractivity contribution in [2.24, 2.45) is 11.8 Å². The van der Waals surface area contributed by atoms with Crippen LogP contribution in [0.1, 0.15) is 6.42 Å². The first-order chi connectivity index (χ1) is 14.6. The van der Waals surface area contributed by atoms with E-state index in [9.17, 15) is 4.79 Å². The highest BCUT2D eigenvalue weighted by Gasteiger charge is 2.43. The van der Waals surface area contributed by atoms with Gasteiger partial charge in [-0.2, -0.15) is 10.4 Å². The Kier molecular flexibility index (Phi) is 4.10. The van der Waals surface area contributed by atoms with Crippen LogP contribution in [0.4, 0.5) is 11.6 Å². The van der Waals surface area contributed by atoms with E-state index in [0.29, 0.717) is 29.1 Å². The van der Waals surface area contributed by atoms with Crippen LogP contribution in [0.3, 0.4) is 0 Å². The lowest BCUT2D eigenvalue weighted by molar-refractivity contribution is -0.117. The first kappa shape index (κ1) is 17.8. The number of nitrogens with zero attached hydrogens (tertiary/aromatic N) is 5. The van der Waals surface area contributed by atoms with Gasteiger partial charge in [0, 0.05) is 41.3 Å². The second-order valence-corrected chi connectivity index (χ2v) is 7.16. The van der Waals surface area contributed by atoms with Gasteiger partial charge in [0.15, 0.2) is 0 Å². The summed E-state index contributed by atoms with van der Waals surface area (Å²) in [7, 11) is 0. The van der Waals surface area contributed by atoms with E-state index >= 15 is 0 Å². The number of hydrogen-bond donors (Lipinski definition) is 3. The molecule has 0 bridgehead atoms. The van der Waals surface area contributed by atoms with Crippen molar-refractivity contribution in [3.63, 3.8) is 0 Å². The van der Waals surface area contributed by atoms with E-state index in [0.717, 1.165) is 22.1 Å². The van der Waals surface area contributed by atoms with E-state index in [4.69, 9.17) is 11.0 Å². The summed E-state index contributed by atoms with van der Waals surface area (Å²) in [6.07, 6.45) is 9.15. The van der Waals surface area contributed by atoms with Crippen LogP contribution in [0.15, 0.2) is 49.2 Å². The highest BCUT2D eigenvalue weighted by molar-refractivity contribution is 5.99. The van der Waals surface area contributed by atoms with Crippen molar-refractivity contribution < 1.29 is 4.79 Å². The summed E-state index contributed by atoms with van der Waals surface area (Å²) in [6.45, 7) is 0. The summed E-state index contributed by atoms with van der Waals surface area (Å²) in [5, 5.41) is 20.0. The molecule has 4 heterocycles. The van der Waals surface area contributed by atoms with Crippen molar-refractivity contribution in [1.82, 2.24) is 25.1 Å². The van der Waals surface area contributed by atoms with Gasteiger partial charge in [0.1, 0.15) is 11.6 Å². The minimum Gasteiger partial charge on any atom is -0.383 e. The van der Waals surface area contributed by atoms with Crippen LogP contribution >= 0.6 is 0 Å². The number of nitrogens with one attached hydrogen (secondary N) is 2. The van der Waals surface area contributed by atoms with Crippen LogP contribution in [0, 0.1) is 23.2 Å². The Bertz CT molecular complexity index is 1310. The maximum Gasteiger partial charge on any atom is 0.230 e. The third-order valence-electron chi connectivity index (χ3n) is 5.20. The average molecular weight is 396 g/mol. The first-order valence-electron chi connectivity index (χ1n) is 9.34. The number of hydrogen-bond acceptors (Lipinski definition) is 7. The molecule has 2 atom stereocenters. The number of nitrogens with two attached hydrogens (primary N) is 1. The van der Waals surface area contributed by atoms with Gasteiger partial charge in [-0.25, -0.2) is 9.97 Å². The van der Waals surface area contributed by atoms with Gasteiger partial charge in [-0.1, -0.05) is 0 Å².